The van der Waals surface area contributed by atoms with Gasteiger partial charge in [-0.2, -0.15) is 0 Å². The molecule has 1 saturated heterocycles. The number of hydrogen-bond donors (Lipinski definition) is 0. The van der Waals surface area contributed by atoms with E-state index in [0.717, 1.165) is 37.7 Å². The zero-order chi connectivity index (χ0) is 24.3. The minimum Gasteiger partial charge on any atom is -0.457 e. The molecule has 3 rings (SSSR count). The molecule has 1 saturated carbocycles. The van der Waals surface area contributed by atoms with Gasteiger partial charge in [0.1, 0.15) is 23.9 Å². The van der Waals surface area contributed by atoms with Crippen LogP contribution in [0.2, 0.25) is 0 Å². The molecular formula is C28H44O5. The van der Waals surface area contributed by atoms with Gasteiger partial charge in [0.05, 0.1) is 0 Å². The number of ether oxygens (including phenoxy) is 3. The first-order chi connectivity index (χ1) is 15.6. The molecule has 33 heavy (non-hydrogen) atoms. The average molecular weight is 461 g/mol. The topological polar surface area (TPSA) is 61.8 Å². The van der Waals surface area contributed by atoms with Gasteiger partial charge in [-0.15, -0.1) is 0 Å². The Morgan fingerprint density at radius 1 is 1.21 bits per heavy atom. The molecule has 0 aromatic rings. The van der Waals surface area contributed by atoms with Crippen LogP contribution in [0.4, 0.5) is 0 Å². The largest absolute Gasteiger partial charge is 0.457 e. The van der Waals surface area contributed by atoms with Crippen molar-refractivity contribution in [2.24, 2.45) is 23.7 Å². The standard InChI is InChI=1S/C28H44O5/c1-8-11-21(29)31-25-19(6)13-10-16-28(7,33-22(30)12-9-2)27-24-20(17(3)4)15-14-18(5)23(24)26(25)32-27/h13,17,20,23-27H,5,8-12,14-16H2,1-4,6-7H3/b19-13+/t20-,23+,24-,25-,26-,27+,28-/m1/s1. The highest BCUT2D eigenvalue weighted by atomic mass is 16.6. The number of carbonyl (C=O) groups is 2. The van der Waals surface area contributed by atoms with E-state index in [1.54, 1.807) is 0 Å². The third-order valence-electron chi connectivity index (χ3n) is 8.01. The number of hydrogen-bond acceptors (Lipinski definition) is 5. The molecule has 2 bridgehead atoms. The van der Waals surface area contributed by atoms with Gasteiger partial charge in [0, 0.05) is 24.7 Å². The molecule has 0 aromatic carbocycles. The Labute approximate surface area is 200 Å². The van der Waals surface area contributed by atoms with Crippen LogP contribution in [-0.4, -0.2) is 35.9 Å². The minimum absolute atomic E-state index is 0.0845. The molecule has 2 heterocycles. The van der Waals surface area contributed by atoms with Gasteiger partial charge < -0.3 is 14.2 Å². The van der Waals surface area contributed by atoms with E-state index in [-0.39, 0.29) is 36.0 Å². The summed E-state index contributed by atoms with van der Waals surface area (Å²) in [6.07, 6.45) is 6.95. The van der Waals surface area contributed by atoms with Crippen LogP contribution in [-0.2, 0) is 23.8 Å². The highest BCUT2D eigenvalue weighted by Crippen LogP contribution is 2.55. The molecule has 0 N–H and O–H groups in total. The van der Waals surface area contributed by atoms with E-state index in [1.807, 2.05) is 27.7 Å². The van der Waals surface area contributed by atoms with Crippen LogP contribution in [0.3, 0.4) is 0 Å². The number of rotatable bonds is 7. The van der Waals surface area contributed by atoms with Gasteiger partial charge in [-0.25, -0.2) is 0 Å². The molecule has 5 heteroatoms. The summed E-state index contributed by atoms with van der Waals surface area (Å²) in [5.41, 5.74) is 1.47. The van der Waals surface area contributed by atoms with Gasteiger partial charge in [-0.05, 0) is 69.8 Å². The summed E-state index contributed by atoms with van der Waals surface area (Å²) in [4.78, 5) is 25.3. The Morgan fingerprint density at radius 2 is 1.88 bits per heavy atom. The first-order valence-electron chi connectivity index (χ1n) is 13.0. The first kappa shape index (κ1) is 26.0. The second kappa shape index (κ2) is 10.8. The Morgan fingerprint density at radius 3 is 2.52 bits per heavy atom. The third-order valence-corrected chi connectivity index (χ3v) is 8.01. The van der Waals surface area contributed by atoms with E-state index in [4.69, 9.17) is 14.2 Å². The summed E-state index contributed by atoms with van der Waals surface area (Å²) in [6.45, 7) is 17.1. The summed E-state index contributed by atoms with van der Waals surface area (Å²) < 4.78 is 19.2. The monoisotopic (exact) mass is 460 g/mol. The van der Waals surface area contributed by atoms with Crippen LogP contribution < -0.4 is 0 Å². The second-order valence-electron chi connectivity index (χ2n) is 10.9. The summed E-state index contributed by atoms with van der Waals surface area (Å²) in [5.74, 6) is 0.847. The van der Waals surface area contributed by atoms with Crippen molar-refractivity contribution in [2.75, 3.05) is 0 Å². The van der Waals surface area contributed by atoms with Gasteiger partial charge in [0.15, 0.2) is 0 Å². The van der Waals surface area contributed by atoms with Gasteiger partial charge in [0.25, 0.3) is 0 Å². The van der Waals surface area contributed by atoms with E-state index < -0.39 is 11.7 Å². The fourth-order valence-electron chi connectivity index (χ4n) is 6.34. The summed E-state index contributed by atoms with van der Waals surface area (Å²) in [6, 6.07) is 0. The predicted octanol–water partition coefficient (Wildman–Crippen LogP) is 6.16. The van der Waals surface area contributed by atoms with Crippen molar-refractivity contribution in [2.45, 2.75) is 117 Å². The molecule has 0 unspecified atom stereocenters. The van der Waals surface area contributed by atoms with E-state index in [2.05, 4.69) is 26.5 Å². The average Bonchev–Trinajstić information content (AvgIpc) is 3.15. The van der Waals surface area contributed by atoms with Crippen LogP contribution in [0, 0.1) is 23.7 Å². The van der Waals surface area contributed by atoms with Crippen molar-refractivity contribution in [3.05, 3.63) is 23.8 Å². The van der Waals surface area contributed by atoms with Crippen LogP contribution >= 0.6 is 0 Å². The molecule has 3 aliphatic rings. The van der Waals surface area contributed by atoms with E-state index in [1.165, 1.54) is 5.57 Å². The first-order valence-corrected chi connectivity index (χ1v) is 13.0. The van der Waals surface area contributed by atoms with Crippen LogP contribution in [0.1, 0.15) is 92.9 Å². The molecule has 0 radical (unpaired) electrons. The molecule has 186 valence electrons. The molecule has 7 atom stereocenters. The SMILES string of the molecule is C=C1CC[C@H](C(C)C)[C@@H]2[C@H]1[C@H]1O[C@@H]2[C@](C)(OC(=O)CCC)CC/C=C(\C)[C@H]1OC(=O)CCC. The van der Waals surface area contributed by atoms with Gasteiger partial charge >= 0.3 is 11.9 Å². The van der Waals surface area contributed by atoms with Crippen LogP contribution in [0.25, 0.3) is 0 Å². The highest BCUT2D eigenvalue weighted by molar-refractivity contribution is 5.70. The van der Waals surface area contributed by atoms with Gasteiger partial charge in [-0.1, -0.05) is 45.9 Å². The number of esters is 2. The van der Waals surface area contributed by atoms with Crippen molar-refractivity contribution < 1.29 is 23.8 Å². The molecule has 5 nitrogen and oxygen atoms in total. The molecule has 0 aromatic heterocycles. The predicted molar refractivity (Wildman–Crippen MR) is 130 cm³/mol. The molecule has 0 amide bonds. The molecule has 2 aliphatic heterocycles. The van der Waals surface area contributed by atoms with Crippen molar-refractivity contribution in [3.8, 4) is 0 Å². The molecular weight excluding hydrogens is 416 g/mol. The smallest absolute Gasteiger partial charge is 0.306 e. The Bertz CT molecular complexity index is 768. The highest BCUT2D eigenvalue weighted by Gasteiger charge is 2.60. The normalized spacial score (nSPS) is 37.9. The number of carbonyl (C=O) groups excluding carboxylic acids is 2. The minimum atomic E-state index is -0.728. The van der Waals surface area contributed by atoms with Crippen LogP contribution in [0.15, 0.2) is 23.8 Å². The van der Waals surface area contributed by atoms with Crippen molar-refractivity contribution >= 4 is 11.9 Å². The third kappa shape index (κ3) is 5.39. The zero-order valence-corrected chi connectivity index (χ0v) is 21.5. The maximum absolute atomic E-state index is 12.7. The maximum Gasteiger partial charge on any atom is 0.306 e. The fraction of sp³-hybridized carbons (Fsp3) is 0.786. The lowest BCUT2D eigenvalue weighted by Crippen LogP contribution is -2.50. The molecule has 1 aliphatic carbocycles. The molecule has 2 fully saturated rings. The van der Waals surface area contributed by atoms with Crippen molar-refractivity contribution in [1.82, 2.24) is 0 Å². The number of fused-ring (bicyclic) bond motifs is 5. The lowest BCUT2D eigenvalue weighted by atomic mass is 9.61. The molecule has 0 spiro atoms. The van der Waals surface area contributed by atoms with Crippen molar-refractivity contribution in [1.29, 1.82) is 0 Å². The summed E-state index contributed by atoms with van der Waals surface area (Å²) in [7, 11) is 0. The Kier molecular flexibility index (Phi) is 8.47. The lowest BCUT2D eigenvalue weighted by Gasteiger charge is -2.45. The van der Waals surface area contributed by atoms with Gasteiger partial charge in [0.2, 0.25) is 0 Å². The Balaban J connectivity index is 2.07. The zero-order valence-electron chi connectivity index (χ0n) is 21.5. The quantitative estimate of drug-likeness (QED) is 0.336. The summed E-state index contributed by atoms with van der Waals surface area (Å²) >= 11 is 0. The van der Waals surface area contributed by atoms with Gasteiger partial charge in [-0.3, -0.25) is 9.59 Å². The van der Waals surface area contributed by atoms with E-state index in [0.29, 0.717) is 31.1 Å². The fourth-order valence-corrected chi connectivity index (χ4v) is 6.34. The summed E-state index contributed by atoms with van der Waals surface area (Å²) in [5, 5.41) is 0. The van der Waals surface area contributed by atoms with E-state index in [9.17, 15) is 9.59 Å². The number of allylic oxidation sites excluding steroid dienone is 1. The lowest BCUT2D eigenvalue weighted by molar-refractivity contribution is -0.185. The van der Waals surface area contributed by atoms with E-state index >= 15 is 0 Å². The second-order valence-corrected chi connectivity index (χ2v) is 10.9. The Hall–Kier alpha value is -1.62. The maximum atomic E-state index is 12.7. The van der Waals surface area contributed by atoms with Crippen molar-refractivity contribution in [3.63, 3.8) is 0 Å². The van der Waals surface area contributed by atoms with Crippen LogP contribution in [0.5, 0.6) is 0 Å².